The number of nitrogens with zero attached hydrogens (tertiary/aromatic N) is 1. The molecule has 1 aromatic rings. The number of hydrogen-bond acceptors (Lipinski definition) is 5. The highest BCUT2D eigenvalue weighted by molar-refractivity contribution is 7.99. The van der Waals surface area contributed by atoms with E-state index in [1.807, 2.05) is 11.8 Å². The van der Waals surface area contributed by atoms with Crippen molar-refractivity contribution in [1.82, 2.24) is 0 Å². The zero-order valence-electron chi connectivity index (χ0n) is 11.7. The van der Waals surface area contributed by atoms with Crippen LogP contribution in [0.4, 0.5) is 11.4 Å². The minimum absolute atomic E-state index is 0.275. The zero-order chi connectivity index (χ0) is 15.4. The van der Waals surface area contributed by atoms with Gasteiger partial charge in [0.05, 0.1) is 4.92 Å². The molecule has 1 saturated carbocycles. The lowest BCUT2D eigenvalue weighted by Gasteiger charge is -2.28. The van der Waals surface area contributed by atoms with E-state index >= 15 is 0 Å². The molecule has 0 saturated heterocycles. The van der Waals surface area contributed by atoms with Crippen molar-refractivity contribution in [2.24, 2.45) is 0 Å². The van der Waals surface area contributed by atoms with E-state index in [2.05, 4.69) is 11.6 Å². The molecule has 2 N–H and O–H groups in total. The van der Waals surface area contributed by atoms with E-state index in [0.717, 1.165) is 25.7 Å². The standard InChI is InChI=1S/C14H18N2O4S/c1-21-11-5-2-9(3-6-11)15-10-4-7-13(16(19)20)12(8-10)14(17)18/h4,7-9,11,15H,2-3,5-6H2,1H3,(H,17,18). The van der Waals surface area contributed by atoms with Gasteiger partial charge in [0, 0.05) is 23.0 Å². The van der Waals surface area contributed by atoms with E-state index in [9.17, 15) is 14.9 Å². The molecule has 21 heavy (non-hydrogen) atoms. The topological polar surface area (TPSA) is 92.5 Å². The van der Waals surface area contributed by atoms with E-state index in [-0.39, 0.29) is 11.3 Å². The molecule has 0 aliphatic heterocycles. The maximum Gasteiger partial charge on any atom is 0.342 e. The van der Waals surface area contributed by atoms with Gasteiger partial charge >= 0.3 is 5.97 Å². The number of hydrogen-bond donors (Lipinski definition) is 2. The summed E-state index contributed by atoms with van der Waals surface area (Å²) >= 11 is 1.89. The smallest absolute Gasteiger partial charge is 0.342 e. The number of thioether (sulfide) groups is 1. The average molecular weight is 310 g/mol. The third kappa shape index (κ3) is 3.87. The summed E-state index contributed by atoms with van der Waals surface area (Å²) in [6.45, 7) is 0. The van der Waals surface area contributed by atoms with Crippen molar-refractivity contribution >= 4 is 29.1 Å². The summed E-state index contributed by atoms with van der Waals surface area (Å²) in [5.74, 6) is -1.28. The van der Waals surface area contributed by atoms with Crippen LogP contribution in [-0.4, -0.2) is 33.5 Å². The Hall–Kier alpha value is -1.76. The van der Waals surface area contributed by atoms with Gasteiger partial charge in [0.15, 0.2) is 0 Å². The van der Waals surface area contributed by atoms with Crippen molar-refractivity contribution in [2.75, 3.05) is 11.6 Å². The van der Waals surface area contributed by atoms with Gasteiger partial charge < -0.3 is 10.4 Å². The van der Waals surface area contributed by atoms with Crippen LogP contribution in [0.5, 0.6) is 0 Å². The molecular formula is C14H18N2O4S. The number of rotatable bonds is 5. The number of anilines is 1. The monoisotopic (exact) mass is 310 g/mol. The number of carboxylic acids is 1. The van der Waals surface area contributed by atoms with Crippen molar-refractivity contribution < 1.29 is 14.8 Å². The average Bonchev–Trinajstić information content (AvgIpc) is 2.47. The maximum atomic E-state index is 11.1. The third-order valence-corrected chi connectivity index (χ3v) is 4.94. The molecule has 7 heteroatoms. The zero-order valence-corrected chi connectivity index (χ0v) is 12.6. The SMILES string of the molecule is CSC1CCC(Nc2ccc([N+](=O)[O-])c(C(=O)O)c2)CC1. The fourth-order valence-electron chi connectivity index (χ4n) is 2.63. The van der Waals surface area contributed by atoms with E-state index < -0.39 is 10.9 Å². The lowest BCUT2D eigenvalue weighted by molar-refractivity contribution is -0.385. The summed E-state index contributed by atoms with van der Waals surface area (Å²) in [4.78, 5) is 21.3. The fourth-order valence-corrected chi connectivity index (χ4v) is 3.38. The molecule has 0 heterocycles. The Morgan fingerprint density at radius 2 is 2.05 bits per heavy atom. The van der Waals surface area contributed by atoms with Gasteiger partial charge in [-0.05, 0) is 44.1 Å². The Balaban J connectivity index is 2.09. The number of carboxylic acid groups (broad SMARTS) is 1. The van der Waals surface area contributed by atoms with E-state index in [0.29, 0.717) is 17.0 Å². The van der Waals surface area contributed by atoms with Crippen LogP contribution in [0.1, 0.15) is 36.0 Å². The van der Waals surface area contributed by atoms with Crippen molar-refractivity contribution in [3.05, 3.63) is 33.9 Å². The van der Waals surface area contributed by atoms with Gasteiger partial charge in [-0.2, -0.15) is 11.8 Å². The largest absolute Gasteiger partial charge is 0.477 e. The number of nitro groups is 1. The quantitative estimate of drug-likeness (QED) is 0.640. The van der Waals surface area contributed by atoms with Crippen LogP contribution >= 0.6 is 11.8 Å². The minimum Gasteiger partial charge on any atom is -0.477 e. The van der Waals surface area contributed by atoms with Crippen LogP contribution in [0.3, 0.4) is 0 Å². The first-order valence-electron chi connectivity index (χ1n) is 6.82. The van der Waals surface area contributed by atoms with Gasteiger partial charge in [0.1, 0.15) is 5.56 Å². The number of carbonyl (C=O) groups is 1. The summed E-state index contributed by atoms with van der Waals surface area (Å²) in [5, 5.41) is 23.9. The summed E-state index contributed by atoms with van der Waals surface area (Å²) in [7, 11) is 0. The molecule has 0 radical (unpaired) electrons. The summed E-state index contributed by atoms with van der Waals surface area (Å²) in [5.41, 5.74) is -0.0208. The Labute approximate surface area is 127 Å². The van der Waals surface area contributed by atoms with Crippen LogP contribution in [-0.2, 0) is 0 Å². The molecule has 6 nitrogen and oxygen atoms in total. The van der Waals surface area contributed by atoms with Crippen LogP contribution < -0.4 is 5.32 Å². The van der Waals surface area contributed by atoms with Crippen molar-refractivity contribution in [3.63, 3.8) is 0 Å². The lowest BCUT2D eigenvalue weighted by atomic mass is 9.94. The van der Waals surface area contributed by atoms with Gasteiger partial charge in [-0.25, -0.2) is 4.79 Å². The Kier molecular flexibility index (Phi) is 5.06. The van der Waals surface area contributed by atoms with Crippen molar-refractivity contribution in [3.8, 4) is 0 Å². The highest BCUT2D eigenvalue weighted by Gasteiger charge is 2.23. The predicted molar refractivity (Wildman–Crippen MR) is 83.2 cm³/mol. The second-order valence-electron chi connectivity index (χ2n) is 5.15. The molecule has 0 atom stereocenters. The molecule has 1 aliphatic carbocycles. The molecule has 114 valence electrons. The number of benzene rings is 1. The Morgan fingerprint density at radius 1 is 1.38 bits per heavy atom. The van der Waals surface area contributed by atoms with Gasteiger partial charge in [0.2, 0.25) is 0 Å². The second kappa shape index (κ2) is 6.80. The van der Waals surface area contributed by atoms with Crippen LogP contribution in [0, 0.1) is 10.1 Å². The first-order chi connectivity index (χ1) is 10.0. The molecule has 0 spiro atoms. The molecule has 0 amide bonds. The van der Waals surface area contributed by atoms with Gasteiger partial charge in [0.25, 0.3) is 5.69 Å². The second-order valence-corrected chi connectivity index (χ2v) is 6.29. The van der Waals surface area contributed by atoms with E-state index in [4.69, 9.17) is 5.11 Å². The summed E-state index contributed by atoms with van der Waals surface area (Å²) in [6.07, 6.45) is 6.46. The lowest BCUT2D eigenvalue weighted by Crippen LogP contribution is -2.27. The van der Waals surface area contributed by atoms with Gasteiger partial charge in [-0.3, -0.25) is 10.1 Å². The molecule has 1 aromatic carbocycles. The summed E-state index contributed by atoms with van der Waals surface area (Å²) < 4.78 is 0. The Morgan fingerprint density at radius 3 is 2.57 bits per heavy atom. The molecule has 0 aromatic heterocycles. The van der Waals surface area contributed by atoms with Crippen LogP contribution in [0.2, 0.25) is 0 Å². The number of nitro benzene ring substituents is 1. The van der Waals surface area contributed by atoms with E-state index in [1.54, 1.807) is 6.07 Å². The fraction of sp³-hybridized carbons (Fsp3) is 0.500. The van der Waals surface area contributed by atoms with Gasteiger partial charge in [-0.1, -0.05) is 0 Å². The molecule has 0 unspecified atom stereocenters. The maximum absolute atomic E-state index is 11.1. The molecule has 1 fully saturated rings. The Bertz CT molecular complexity index is 542. The van der Waals surface area contributed by atoms with Crippen molar-refractivity contribution in [1.29, 1.82) is 0 Å². The molecule has 1 aliphatic rings. The molecule has 2 rings (SSSR count). The normalized spacial score (nSPS) is 21.8. The van der Waals surface area contributed by atoms with E-state index in [1.165, 1.54) is 12.1 Å². The molecule has 0 bridgehead atoms. The third-order valence-electron chi connectivity index (χ3n) is 3.80. The summed E-state index contributed by atoms with van der Waals surface area (Å²) in [6, 6.07) is 4.47. The van der Waals surface area contributed by atoms with Crippen molar-refractivity contribution in [2.45, 2.75) is 37.0 Å². The van der Waals surface area contributed by atoms with Crippen LogP contribution in [0.25, 0.3) is 0 Å². The molecular weight excluding hydrogens is 292 g/mol. The number of aromatic carboxylic acids is 1. The first-order valence-corrected chi connectivity index (χ1v) is 8.11. The number of nitrogens with one attached hydrogen (secondary N) is 1. The highest BCUT2D eigenvalue weighted by atomic mass is 32.2. The van der Waals surface area contributed by atoms with Crippen LogP contribution in [0.15, 0.2) is 18.2 Å². The van der Waals surface area contributed by atoms with Gasteiger partial charge in [-0.15, -0.1) is 0 Å². The highest BCUT2D eigenvalue weighted by Crippen LogP contribution is 2.30. The minimum atomic E-state index is -1.28. The predicted octanol–water partition coefficient (Wildman–Crippen LogP) is 3.38. The first kappa shape index (κ1) is 15.6.